The second kappa shape index (κ2) is 25.8. The summed E-state index contributed by atoms with van der Waals surface area (Å²) in [5.41, 5.74) is 17.9. The number of rotatable bonds is 10. The average Bonchev–Trinajstić information content (AvgIpc) is 3.20. The molecule has 4 heterocycles. The van der Waals surface area contributed by atoms with E-state index in [0.717, 1.165) is 0 Å². The van der Waals surface area contributed by atoms with Crippen LogP contribution in [0.3, 0.4) is 0 Å². The fourth-order valence-corrected chi connectivity index (χ4v) is 81.2. The van der Waals surface area contributed by atoms with Crippen molar-refractivity contribution in [2.75, 3.05) is 0 Å². The molecule has 0 radical (unpaired) electrons. The minimum Gasteiger partial charge on any atom is -0.415 e. The van der Waals surface area contributed by atoms with Gasteiger partial charge >= 0.3 is 138 Å². The highest BCUT2D eigenvalue weighted by molar-refractivity contribution is 6.99. The first kappa shape index (κ1) is 71.2. The van der Waals surface area contributed by atoms with E-state index in [1.165, 1.54) is 0 Å². The van der Waals surface area contributed by atoms with E-state index in [1.54, 1.807) is 57.0 Å². The molecule has 4 rings (SSSR count). The first-order valence-corrected chi connectivity index (χ1v) is 64.3. The summed E-state index contributed by atoms with van der Waals surface area (Å²) >= 11 is 0. The van der Waals surface area contributed by atoms with E-state index in [0.29, 0.717) is 0 Å². The van der Waals surface area contributed by atoms with Crippen LogP contribution in [0.1, 0.15) is 0 Å². The number of hydrogen-bond acceptors (Lipinski definition) is 16. The van der Waals surface area contributed by atoms with E-state index in [1.807, 2.05) is 137 Å². The van der Waals surface area contributed by atoms with Crippen molar-refractivity contribution in [3.63, 3.8) is 0 Å². The third-order valence-electron chi connectivity index (χ3n) is 10.6. The van der Waals surface area contributed by atoms with Gasteiger partial charge < -0.3 is 65.8 Å². The molecule has 4 aliphatic rings. The van der Waals surface area contributed by atoms with Crippen molar-refractivity contribution in [2.45, 2.75) is 137 Å². The van der Waals surface area contributed by atoms with Gasteiger partial charge in [-0.15, -0.1) is 65.8 Å². The summed E-state index contributed by atoms with van der Waals surface area (Å²) < 4.78 is 99.0. The monoisotopic (exact) mass is 1290 g/mol. The summed E-state index contributed by atoms with van der Waals surface area (Å²) in [5, 5.41) is 0. The van der Waals surface area contributed by atoms with Crippen molar-refractivity contribution in [1.82, 2.24) is 0 Å². The second-order valence-electron chi connectivity index (χ2n) is 21.4. The highest BCUT2D eigenvalue weighted by atomic mass is 28.5. The van der Waals surface area contributed by atoms with E-state index in [-0.39, 0.29) is 0 Å². The van der Waals surface area contributed by atoms with Crippen molar-refractivity contribution in [3.8, 4) is 0 Å². The molecule has 0 spiro atoms. The molecule has 0 amide bonds. The van der Waals surface area contributed by atoms with E-state index in [2.05, 4.69) is 65.8 Å². The molecule has 16 nitrogen and oxygen atoms in total. The molecule has 0 bridgehead atoms. The van der Waals surface area contributed by atoms with Gasteiger partial charge in [-0.1, -0.05) is 57.0 Å². The van der Waals surface area contributed by atoms with Gasteiger partial charge in [0.2, 0.25) is 0 Å². The maximum Gasteiger partial charge on any atom is 0.344 e. The minimum absolute atomic E-state index is 1.76. The molecule has 4 saturated heterocycles. The molecule has 0 aromatic rings. The number of hydrogen-bond donors (Lipinski definition) is 0. The van der Waals surface area contributed by atoms with Gasteiger partial charge in [0.05, 0.1) is 0 Å². The van der Waals surface area contributed by atoms with Crippen LogP contribution in [0.5, 0.6) is 0 Å². The lowest BCUT2D eigenvalue weighted by molar-refractivity contribution is 0.243. The maximum atomic E-state index is 6.24. The highest BCUT2D eigenvalue weighted by Crippen LogP contribution is 2.35. The van der Waals surface area contributed by atoms with Gasteiger partial charge in [-0.25, -0.2) is 0 Å². The summed E-state index contributed by atoms with van der Waals surface area (Å²) in [7, 11) is -37.9. The smallest absolute Gasteiger partial charge is 0.344 e. The van der Waals surface area contributed by atoms with E-state index in [4.69, 9.17) is 65.8 Å². The van der Waals surface area contributed by atoms with E-state index >= 15 is 0 Å². The predicted molar refractivity (Wildman–Crippen MR) is 336 cm³/mol. The molecule has 0 aromatic carbocycles. The summed E-state index contributed by atoms with van der Waals surface area (Å²) in [4.78, 5) is 0. The van der Waals surface area contributed by atoms with Crippen molar-refractivity contribution in [1.29, 1.82) is 0 Å². The third kappa shape index (κ3) is 23.1. The Morgan fingerprint density at radius 3 is 0.452 bits per heavy atom. The summed E-state index contributed by atoms with van der Waals surface area (Å²) in [6, 6.07) is 0. The van der Waals surface area contributed by atoms with Crippen molar-refractivity contribution in [2.24, 2.45) is 0 Å². The molecule has 6 unspecified atom stereocenters. The third-order valence-corrected chi connectivity index (χ3v) is 73.3. The minimum atomic E-state index is -2.55. The van der Waals surface area contributed by atoms with Crippen molar-refractivity contribution >= 4 is 138 Å². The molecule has 6 atom stereocenters. The average molecular weight is 1290 g/mol. The van der Waals surface area contributed by atoms with Gasteiger partial charge in [0.1, 0.15) is 0 Å². The largest absolute Gasteiger partial charge is 0.415 e. The fourth-order valence-electron chi connectivity index (χ4n) is 8.34. The Hall–Kier alpha value is 0.230. The molecular weight excluding hydrogens is 1200 g/mol. The van der Waals surface area contributed by atoms with Crippen LogP contribution in [0.2, 0.25) is 137 Å². The van der Waals surface area contributed by atoms with Crippen LogP contribution in [-0.4, -0.2) is 138 Å². The summed E-state index contributed by atoms with van der Waals surface area (Å²) in [6.07, 6.45) is 0. The Kier molecular flexibility index (Phi) is 25.2. The molecule has 73 heavy (non-hydrogen) atoms. The molecule has 0 N–H and O–H groups in total. The SMILES string of the molecule is C=C[Si]1(C)O[SiH](C)O[Si](C)(C=C)O[Si](C)(C)O1.C=C[Si]1(C)O[Si](C)(C)O[Si](C)(C=C)O[Si](C)(C)O1.C=C[Si]1(C)O[Si](C)(C)O[Si](C)(C=C)O[Si](C)(C=C)O1.C=C[Si]1(C)O[Si](C)(C)O[Si](C)(C=C)O[Si](C)(C=C)O1. The molecular formula is C41H94O16Si16. The maximum absolute atomic E-state index is 6.24. The standard InChI is InChI=1S/2C11H24O4Si4.C10H24O4Si4.C9H22O4Si4/c2*1-9-17(6)12-16(4,5)13-18(7,10-2)15-19(8,11-3)14-17;1-9-17(7)11-15(3,4)13-18(8,10-2)14-16(5,6)12-17;1-8-16(6)10-14(3)11-17(7,9-2)13-15(4,5)12-16/h2*9-11H,1-3H2,4-8H3;9-10H,1-2H2,3-8H3;8-9,14H,1-2H2,3-7H3. The zero-order valence-corrected chi connectivity index (χ0v) is 64.6. The van der Waals surface area contributed by atoms with Gasteiger partial charge in [-0.05, 0) is 137 Å². The van der Waals surface area contributed by atoms with Crippen LogP contribution in [0.4, 0.5) is 0 Å². The lowest BCUT2D eigenvalue weighted by Crippen LogP contribution is -2.65. The van der Waals surface area contributed by atoms with Gasteiger partial charge in [0.25, 0.3) is 0 Å². The van der Waals surface area contributed by atoms with Gasteiger partial charge in [-0.2, -0.15) is 0 Å². The first-order chi connectivity index (χ1) is 32.6. The first-order valence-electron chi connectivity index (χ1n) is 24.1. The molecule has 0 aliphatic carbocycles. The molecule has 0 saturated carbocycles. The van der Waals surface area contributed by atoms with Crippen LogP contribution in [0.25, 0.3) is 0 Å². The zero-order chi connectivity index (χ0) is 57.5. The molecule has 0 aromatic heterocycles. The van der Waals surface area contributed by atoms with Gasteiger partial charge in [0, 0.05) is 0 Å². The summed E-state index contributed by atoms with van der Waals surface area (Å²) in [6.45, 7) is 80.3. The Morgan fingerprint density at radius 1 is 0.205 bits per heavy atom. The lowest BCUT2D eigenvalue weighted by atomic mass is 11.3. The second-order valence-corrected chi connectivity index (χ2v) is 74.3. The fraction of sp³-hybridized carbons (Fsp3) is 0.512. The molecule has 4 aliphatic heterocycles. The van der Waals surface area contributed by atoms with Gasteiger partial charge in [-0.3, -0.25) is 0 Å². The highest BCUT2D eigenvalue weighted by Gasteiger charge is 2.56. The summed E-state index contributed by atoms with van der Waals surface area (Å²) in [5.74, 6) is 0. The van der Waals surface area contributed by atoms with Crippen molar-refractivity contribution in [3.05, 3.63) is 123 Å². The Morgan fingerprint density at radius 2 is 0.315 bits per heavy atom. The predicted octanol–water partition coefficient (Wildman–Crippen LogP) is 11.6. The van der Waals surface area contributed by atoms with E-state index < -0.39 is 138 Å². The molecule has 418 valence electrons. The molecule has 32 heteroatoms. The lowest BCUT2D eigenvalue weighted by Gasteiger charge is -2.46. The van der Waals surface area contributed by atoms with E-state index in [9.17, 15) is 0 Å². The molecule has 4 fully saturated rings. The van der Waals surface area contributed by atoms with Gasteiger partial charge in [0.15, 0.2) is 0 Å². The topological polar surface area (TPSA) is 148 Å². The Balaban J connectivity index is 0.000000487. The Bertz CT molecular complexity index is 1830. The van der Waals surface area contributed by atoms with Crippen LogP contribution < -0.4 is 0 Å². The van der Waals surface area contributed by atoms with Crippen molar-refractivity contribution < 1.29 is 65.8 Å². The van der Waals surface area contributed by atoms with Crippen LogP contribution in [-0.2, 0) is 65.8 Å². The van der Waals surface area contributed by atoms with Crippen LogP contribution in [0.15, 0.2) is 123 Å². The van der Waals surface area contributed by atoms with Crippen LogP contribution in [0, 0.1) is 0 Å². The van der Waals surface area contributed by atoms with Crippen LogP contribution >= 0.6 is 0 Å². The quantitative estimate of drug-likeness (QED) is 0.191. The normalized spacial score (nSPS) is 41.8. The zero-order valence-electron chi connectivity index (χ0n) is 48.5. The Labute approximate surface area is 460 Å².